The molecule has 5 aromatic rings. The summed E-state index contributed by atoms with van der Waals surface area (Å²) in [4.78, 5) is 26.4. The fourth-order valence-corrected chi connectivity index (χ4v) is 4.96. The maximum absolute atomic E-state index is 13.5. The zero-order valence-corrected chi connectivity index (χ0v) is 21.4. The molecular formula is C28H26N4O3S. The molecule has 0 unspecified atom stereocenters. The summed E-state index contributed by atoms with van der Waals surface area (Å²) >= 11 is 1.30. The summed E-state index contributed by atoms with van der Waals surface area (Å²) in [5.74, 6) is 1.20. The van der Waals surface area contributed by atoms with Gasteiger partial charge in [0.25, 0.3) is 5.56 Å². The van der Waals surface area contributed by atoms with Crippen molar-refractivity contribution in [1.82, 2.24) is 19.2 Å². The lowest BCUT2D eigenvalue weighted by Gasteiger charge is -2.18. The van der Waals surface area contributed by atoms with Gasteiger partial charge < -0.3 is 4.74 Å². The number of para-hydroxylation sites is 1. The first-order valence-electron chi connectivity index (χ1n) is 11.6. The number of carbonyl (C=O) groups excluding carboxylic acids is 1. The van der Waals surface area contributed by atoms with E-state index in [0.29, 0.717) is 38.8 Å². The molecule has 7 nitrogen and oxygen atoms in total. The van der Waals surface area contributed by atoms with Crippen LogP contribution >= 0.6 is 11.8 Å². The molecule has 0 spiro atoms. The smallest absolute Gasteiger partial charge is 0.267 e. The fraction of sp³-hybridized carbons (Fsp3) is 0.214. The number of carbonyl (C=O) groups is 1. The minimum Gasteiger partial charge on any atom is -0.497 e. The second-order valence-electron chi connectivity index (χ2n) is 9.52. The van der Waals surface area contributed by atoms with Crippen LogP contribution in [-0.2, 0) is 5.41 Å². The van der Waals surface area contributed by atoms with Gasteiger partial charge in [-0.15, -0.1) is 10.2 Å². The summed E-state index contributed by atoms with van der Waals surface area (Å²) in [7, 11) is 1.58. The number of rotatable bonds is 6. The first kappa shape index (κ1) is 23.8. The van der Waals surface area contributed by atoms with Crippen molar-refractivity contribution in [2.75, 3.05) is 12.9 Å². The largest absolute Gasteiger partial charge is 0.497 e. The molecule has 8 heteroatoms. The first-order chi connectivity index (χ1) is 17.3. The SMILES string of the molecule is COc1cccc(-n2c(=O)c3ccccc3n3c(SCC(=O)c4ccc(C(C)(C)C)cc4)nnc23)c1. The van der Waals surface area contributed by atoms with Crippen LogP contribution in [0.15, 0.2) is 82.7 Å². The Morgan fingerprint density at radius 3 is 2.44 bits per heavy atom. The van der Waals surface area contributed by atoms with Crippen LogP contribution < -0.4 is 10.3 Å². The highest BCUT2D eigenvalue weighted by atomic mass is 32.2. The molecule has 0 aliphatic carbocycles. The third-order valence-corrected chi connectivity index (χ3v) is 7.04. The number of hydrogen-bond acceptors (Lipinski definition) is 6. The zero-order valence-electron chi connectivity index (χ0n) is 20.6. The Morgan fingerprint density at radius 1 is 0.972 bits per heavy atom. The maximum atomic E-state index is 13.5. The van der Waals surface area contributed by atoms with Gasteiger partial charge in [0.1, 0.15) is 5.75 Å². The van der Waals surface area contributed by atoms with Crippen LogP contribution in [0.3, 0.4) is 0 Å². The number of hydrogen-bond donors (Lipinski definition) is 0. The van der Waals surface area contributed by atoms with Gasteiger partial charge in [0.05, 0.1) is 29.5 Å². The molecule has 0 atom stereocenters. The van der Waals surface area contributed by atoms with Gasteiger partial charge in [-0.1, -0.05) is 75.0 Å². The lowest BCUT2D eigenvalue weighted by Crippen LogP contribution is -2.22. The van der Waals surface area contributed by atoms with E-state index in [-0.39, 0.29) is 22.5 Å². The highest BCUT2D eigenvalue weighted by molar-refractivity contribution is 7.99. The van der Waals surface area contributed by atoms with E-state index in [1.807, 2.05) is 65.1 Å². The first-order valence-corrected chi connectivity index (χ1v) is 12.6. The van der Waals surface area contributed by atoms with Crippen molar-refractivity contribution >= 4 is 34.2 Å². The Hall–Kier alpha value is -3.91. The molecule has 0 bridgehead atoms. The quantitative estimate of drug-likeness (QED) is 0.233. The summed E-state index contributed by atoms with van der Waals surface area (Å²) in [6.45, 7) is 6.43. The van der Waals surface area contributed by atoms with Crippen LogP contribution in [0.4, 0.5) is 0 Å². The standard InChI is InChI=1S/C28H26N4O3S/c1-28(2,3)19-14-12-18(13-15-19)24(33)17-36-27-30-29-26-31(20-8-7-9-21(16-20)35-4)25(34)22-10-5-6-11-23(22)32(26)27/h5-16H,17H2,1-4H3. The van der Waals surface area contributed by atoms with Gasteiger partial charge in [-0.2, -0.15) is 0 Å². The Bertz CT molecular complexity index is 1650. The van der Waals surface area contributed by atoms with Gasteiger partial charge in [0.2, 0.25) is 5.78 Å². The third kappa shape index (κ3) is 4.28. The number of aromatic nitrogens is 4. The number of ether oxygens (including phenoxy) is 1. The van der Waals surface area contributed by atoms with E-state index in [9.17, 15) is 9.59 Å². The topological polar surface area (TPSA) is 78.5 Å². The average molecular weight is 499 g/mol. The van der Waals surface area contributed by atoms with Crippen LogP contribution in [0.1, 0.15) is 36.7 Å². The van der Waals surface area contributed by atoms with E-state index in [2.05, 4.69) is 31.0 Å². The van der Waals surface area contributed by atoms with Crippen LogP contribution in [-0.4, -0.2) is 37.8 Å². The van der Waals surface area contributed by atoms with Crippen molar-refractivity contribution in [3.05, 3.63) is 94.3 Å². The van der Waals surface area contributed by atoms with Crippen LogP contribution in [0, 0.1) is 0 Å². The molecule has 0 saturated carbocycles. The Balaban J connectivity index is 1.55. The van der Waals surface area contributed by atoms with Crippen molar-refractivity contribution < 1.29 is 9.53 Å². The van der Waals surface area contributed by atoms with Crippen molar-refractivity contribution in [1.29, 1.82) is 0 Å². The molecule has 2 aromatic heterocycles. The molecule has 182 valence electrons. The van der Waals surface area contributed by atoms with E-state index in [4.69, 9.17) is 4.74 Å². The van der Waals surface area contributed by atoms with Crippen LogP contribution in [0.25, 0.3) is 22.4 Å². The number of Topliss-reactive ketones (excluding diaryl/α,β-unsaturated/α-hetero) is 1. The zero-order chi connectivity index (χ0) is 25.4. The van der Waals surface area contributed by atoms with E-state index in [1.54, 1.807) is 19.2 Å². The molecule has 36 heavy (non-hydrogen) atoms. The predicted molar refractivity (Wildman–Crippen MR) is 143 cm³/mol. The number of benzene rings is 3. The molecular weight excluding hydrogens is 472 g/mol. The van der Waals surface area contributed by atoms with Gasteiger partial charge in [-0.3, -0.25) is 14.0 Å². The normalized spacial score (nSPS) is 11.8. The number of thioether (sulfide) groups is 1. The highest BCUT2D eigenvalue weighted by Gasteiger charge is 2.20. The average Bonchev–Trinajstić information content (AvgIpc) is 3.31. The summed E-state index contributed by atoms with van der Waals surface area (Å²) in [6, 6.07) is 22.3. The summed E-state index contributed by atoms with van der Waals surface area (Å²) in [5, 5.41) is 9.78. The predicted octanol–water partition coefficient (Wildman–Crippen LogP) is 5.31. The molecule has 0 radical (unpaired) electrons. The number of methoxy groups -OCH3 is 1. The summed E-state index contributed by atoms with van der Waals surface area (Å²) in [6.07, 6.45) is 0. The molecule has 0 aliphatic rings. The Kier molecular flexibility index (Phi) is 6.14. The maximum Gasteiger partial charge on any atom is 0.267 e. The van der Waals surface area contributed by atoms with Crippen molar-refractivity contribution in [3.63, 3.8) is 0 Å². The van der Waals surface area contributed by atoms with Crippen LogP contribution in [0.5, 0.6) is 5.75 Å². The second kappa shape index (κ2) is 9.28. The molecule has 0 aliphatic heterocycles. The van der Waals surface area contributed by atoms with Gasteiger partial charge in [0.15, 0.2) is 10.9 Å². The van der Waals surface area contributed by atoms with Gasteiger partial charge in [0, 0.05) is 11.6 Å². The van der Waals surface area contributed by atoms with E-state index >= 15 is 0 Å². The Morgan fingerprint density at radius 2 is 1.72 bits per heavy atom. The molecule has 2 heterocycles. The van der Waals surface area contributed by atoms with Gasteiger partial charge >= 0.3 is 0 Å². The highest BCUT2D eigenvalue weighted by Crippen LogP contribution is 2.26. The minimum absolute atomic E-state index is 0.00244. The number of nitrogens with zero attached hydrogens (tertiary/aromatic N) is 4. The van der Waals surface area contributed by atoms with E-state index in [1.165, 1.54) is 21.9 Å². The summed E-state index contributed by atoms with van der Waals surface area (Å²) < 4.78 is 8.71. The van der Waals surface area contributed by atoms with Gasteiger partial charge in [-0.25, -0.2) is 4.57 Å². The van der Waals surface area contributed by atoms with Crippen molar-refractivity contribution in [3.8, 4) is 11.4 Å². The molecule has 0 fully saturated rings. The number of ketones is 1. The molecule has 0 saturated heterocycles. The van der Waals surface area contributed by atoms with Crippen molar-refractivity contribution in [2.45, 2.75) is 31.3 Å². The van der Waals surface area contributed by atoms with Crippen LogP contribution in [0.2, 0.25) is 0 Å². The molecule has 0 N–H and O–H groups in total. The van der Waals surface area contributed by atoms with E-state index < -0.39 is 0 Å². The third-order valence-electron chi connectivity index (χ3n) is 6.11. The summed E-state index contributed by atoms with van der Waals surface area (Å²) in [5.41, 5.74) is 2.96. The molecule has 3 aromatic carbocycles. The fourth-order valence-electron chi connectivity index (χ4n) is 4.12. The minimum atomic E-state index is -0.203. The molecule has 0 amide bonds. The lowest BCUT2D eigenvalue weighted by atomic mass is 9.86. The monoisotopic (exact) mass is 498 g/mol. The van der Waals surface area contributed by atoms with E-state index in [0.717, 1.165) is 0 Å². The Labute approximate surface area is 212 Å². The van der Waals surface area contributed by atoms with Gasteiger partial charge in [-0.05, 0) is 35.2 Å². The molecule has 5 rings (SSSR count). The second-order valence-corrected chi connectivity index (χ2v) is 10.5. The van der Waals surface area contributed by atoms with Crippen molar-refractivity contribution in [2.24, 2.45) is 0 Å². The lowest BCUT2D eigenvalue weighted by molar-refractivity contribution is 0.102. The number of fused-ring (bicyclic) bond motifs is 3.